The summed E-state index contributed by atoms with van der Waals surface area (Å²) >= 11 is 0. The van der Waals surface area contributed by atoms with Gasteiger partial charge in [0, 0.05) is 18.7 Å². The fraction of sp³-hybridized carbons (Fsp3) is 0.545. The first kappa shape index (κ1) is 22.3. The fourth-order valence-electron chi connectivity index (χ4n) is 5.22. The topological polar surface area (TPSA) is 141 Å². The van der Waals surface area contributed by atoms with Crippen LogP contribution in [0.2, 0.25) is 0 Å². The number of hydrogen-bond donors (Lipinski definition) is 3. The Bertz CT molecular complexity index is 1250. The Morgan fingerprint density at radius 3 is 3.03 bits per heavy atom. The molecule has 2 amide bonds. The molecule has 0 bridgehead atoms. The second-order valence-electron chi connectivity index (χ2n) is 9.28. The van der Waals surface area contributed by atoms with E-state index in [1.54, 1.807) is 14.0 Å². The molecule has 11 heteroatoms. The van der Waals surface area contributed by atoms with Gasteiger partial charge in [0.25, 0.3) is 0 Å². The second-order valence-corrected chi connectivity index (χ2v) is 11.0. The number of hydrogen-bond acceptors (Lipinski definition) is 6. The van der Waals surface area contributed by atoms with E-state index in [4.69, 9.17) is 14.6 Å². The van der Waals surface area contributed by atoms with Gasteiger partial charge < -0.3 is 19.9 Å². The highest BCUT2D eigenvalue weighted by molar-refractivity contribution is 7.91. The summed E-state index contributed by atoms with van der Waals surface area (Å²) in [6.45, 7) is 2.32. The van der Waals surface area contributed by atoms with E-state index in [-0.39, 0.29) is 29.8 Å². The predicted molar refractivity (Wildman–Crippen MR) is 122 cm³/mol. The summed E-state index contributed by atoms with van der Waals surface area (Å²) in [6.07, 6.45) is 6.09. The van der Waals surface area contributed by atoms with Crippen molar-refractivity contribution in [2.75, 3.05) is 25.6 Å². The monoisotopic (exact) mass is 475 g/mol. The van der Waals surface area contributed by atoms with Gasteiger partial charge in [-0.25, -0.2) is 18.8 Å². The zero-order valence-corrected chi connectivity index (χ0v) is 19.6. The lowest BCUT2D eigenvalue weighted by atomic mass is 9.94. The quantitative estimate of drug-likeness (QED) is 0.605. The van der Waals surface area contributed by atoms with Crippen LogP contribution < -0.4 is 15.2 Å². The molecule has 178 valence electrons. The lowest BCUT2D eigenvalue weighted by Crippen LogP contribution is -2.35. The number of nitrogens with two attached hydrogens (primary N) is 1. The molecule has 0 saturated carbocycles. The van der Waals surface area contributed by atoms with Crippen molar-refractivity contribution in [2.24, 2.45) is 9.50 Å². The number of aliphatic hydroxyl groups excluding tert-OH is 1. The number of carbonyl (C=O) groups excluding carboxylic acids is 1. The number of nitrogens with zero attached hydrogens (tertiary/aromatic N) is 3. The molecule has 2 aliphatic carbocycles. The molecule has 1 aromatic carbocycles. The van der Waals surface area contributed by atoms with Gasteiger partial charge in [-0.05, 0) is 61.3 Å². The van der Waals surface area contributed by atoms with Gasteiger partial charge in [-0.1, -0.05) is 6.07 Å². The average molecular weight is 476 g/mol. The molecular weight excluding hydrogens is 446 g/mol. The molecule has 0 radical (unpaired) electrons. The molecule has 3 atom stereocenters. The highest BCUT2D eigenvalue weighted by Crippen LogP contribution is 2.44. The summed E-state index contributed by atoms with van der Waals surface area (Å²) in [4.78, 5) is 13.0. The molecule has 10 nitrogen and oxygen atoms in total. The minimum atomic E-state index is -3.62. The van der Waals surface area contributed by atoms with Crippen molar-refractivity contribution in [1.29, 1.82) is 0 Å². The van der Waals surface area contributed by atoms with E-state index in [0.717, 1.165) is 48.9 Å². The zero-order valence-electron chi connectivity index (χ0n) is 18.8. The van der Waals surface area contributed by atoms with Crippen LogP contribution in [0.3, 0.4) is 0 Å². The van der Waals surface area contributed by atoms with Crippen LogP contribution in [0.4, 0.5) is 10.5 Å². The molecule has 2 heterocycles. The Kier molecular flexibility index (Phi) is 5.47. The Morgan fingerprint density at radius 2 is 2.27 bits per heavy atom. The van der Waals surface area contributed by atoms with Crippen molar-refractivity contribution in [3.63, 3.8) is 0 Å². The van der Waals surface area contributed by atoms with Crippen molar-refractivity contribution in [3.8, 4) is 5.88 Å². The highest BCUT2D eigenvalue weighted by atomic mass is 32.2. The van der Waals surface area contributed by atoms with Crippen molar-refractivity contribution in [3.05, 3.63) is 34.5 Å². The maximum absolute atomic E-state index is 13.3. The first-order chi connectivity index (χ1) is 15.7. The van der Waals surface area contributed by atoms with Gasteiger partial charge >= 0.3 is 6.03 Å². The fourth-order valence-corrected chi connectivity index (χ4v) is 6.21. The van der Waals surface area contributed by atoms with Crippen LogP contribution in [0.25, 0.3) is 0 Å². The minimum absolute atomic E-state index is 0.0376. The lowest BCUT2D eigenvalue weighted by Gasteiger charge is -2.20. The molecule has 33 heavy (non-hydrogen) atoms. The number of amides is 2. The molecule has 5 rings (SSSR count). The molecule has 0 spiro atoms. The number of urea groups is 1. The Morgan fingerprint density at radius 1 is 1.45 bits per heavy atom. The van der Waals surface area contributed by atoms with Crippen LogP contribution in [-0.4, -0.2) is 51.1 Å². The van der Waals surface area contributed by atoms with Crippen molar-refractivity contribution >= 4 is 21.6 Å². The van der Waals surface area contributed by atoms with Gasteiger partial charge in [-0.2, -0.15) is 5.10 Å². The third kappa shape index (κ3) is 3.82. The van der Waals surface area contributed by atoms with Crippen LogP contribution in [0.15, 0.2) is 21.5 Å². The SMILES string of the molecule is COC[C@@H]1CCc2cc3c(c(NC(=O)N=S(N)(=O)c4cnn5c4O[C@](C)(CO)C5)c21)CCC3. The first-order valence-electron chi connectivity index (χ1n) is 11.1. The standard InChI is InChI=1S/C22H29N5O5S/c1-22(12-28)11-27-20(32-22)17(9-24-27)33(23,30)26-21(29)25-19-16-5-3-4-13(16)8-14-6-7-15(10-31-2)18(14)19/h8-9,15,28H,3-7,10-12H2,1-2H3,(H3,23,25,26,29,30)/t15-,22-,33?/m0/s1. The maximum atomic E-state index is 13.3. The third-order valence-electron chi connectivity index (χ3n) is 6.75. The number of ether oxygens (including phenoxy) is 2. The molecule has 2 aromatic rings. The summed E-state index contributed by atoms with van der Waals surface area (Å²) in [5, 5.41) is 22.6. The normalized spacial score (nSPS) is 24.5. The number of anilines is 1. The Balaban J connectivity index is 1.48. The van der Waals surface area contributed by atoms with E-state index in [9.17, 15) is 14.1 Å². The number of rotatable bonds is 5. The van der Waals surface area contributed by atoms with Crippen molar-refractivity contribution < 1.29 is 23.6 Å². The number of aryl methyl sites for hydroxylation is 2. The van der Waals surface area contributed by atoms with Crippen molar-refractivity contribution in [2.45, 2.75) is 62.0 Å². The zero-order chi connectivity index (χ0) is 23.4. The number of carbonyl (C=O) groups is 1. The number of aromatic nitrogens is 2. The molecule has 0 saturated heterocycles. The van der Waals surface area contributed by atoms with Gasteiger partial charge in [0.1, 0.15) is 4.90 Å². The summed E-state index contributed by atoms with van der Waals surface area (Å²) in [7, 11) is -1.95. The molecule has 1 unspecified atom stereocenters. The van der Waals surface area contributed by atoms with Crippen LogP contribution >= 0.6 is 0 Å². The van der Waals surface area contributed by atoms with E-state index in [2.05, 4.69) is 20.8 Å². The van der Waals surface area contributed by atoms with Gasteiger partial charge in [0.2, 0.25) is 5.88 Å². The predicted octanol–water partition coefficient (Wildman–Crippen LogP) is 2.12. The van der Waals surface area contributed by atoms with Crippen LogP contribution in [-0.2, 0) is 40.5 Å². The van der Waals surface area contributed by atoms with Gasteiger partial charge in [-0.3, -0.25) is 0 Å². The molecular formula is C22H29N5O5S. The van der Waals surface area contributed by atoms with E-state index in [1.807, 2.05) is 0 Å². The smallest absolute Gasteiger partial charge is 0.354 e. The molecule has 1 aromatic heterocycles. The summed E-state index contributed by atoms with van der Waals surface area (Å²) < 4.78 is 29.8. The van der Waals surface area contributed by atoms with E-state index in [0.29, 0.717) is 6.61 Å². The maximum Gasteiger partial charge on any atom is 0.354 e. The number of fused-ring (bicyclic) bond motifs is 3. The molecule has 1 aliphatic heterocycles. The minimum Gasteiger partial charge on any atom is -0.466 e. The second kappa shape index (κ2) is 8.08. The molecule has 4 N–H and O–H groups in total. The highest BCUT2D eigenvalue weighted by Gasteiger charge is 2.39. The summed E-state index contributed by atoms with van der Waals surface area (Å²) in [6, 6.07) is 1.49. The van der Waals surface area contributed by atoms with E-state index < -0.39 is 21.5 Å². The number of nitrogens with one attached hydrogen (secondary N) is 1. The number of aliphatic hydroxyl groups is 1. The van der Waals surface area contributed by atoms with Crippen LogP contribution in [0, 0.1) is 0 Å². The molecule has 0 fully saturated rings. The molecule has 3 aliphatic rings. The largest absolute Gasteiger partial charge is 0.466 e. The summed E-state index contributed by atoms with van der Waals surface area (Å²) in [5.41, 5.74) is 4.58. The van der Waals surface area contributed by atoms with Gasteiger partial charge in [0.15, 0.2) is 15.5 Å². The third-order valence-corrected chi connectivity index (χ3v) is 8.10. The first-order valence-corrected chi connectivity index (χ1v) is 12.7. The van der Waals surface area contributed by atoms with E-state index in [1.165, 1.54) is 22.0 Å². The van der Waals surface area contributed by atoms with Crippen LogP contribution in [0.5, 0.6) is 5.88 Å². The summed E-state index contributed by atoms with van der Waals surface area (Å²) in [5.74, 6) is 0.356. The van der Waals surface area contributed by atoms with Crippen molar-refractivity contribution in [1.82, 2.24) is 9.78 Å². The average Bonchev–Trinajstić information content (AvgIpc) is 3.51. The van der Waals surface area contributed by atoms with Crippen LogP contribution in [0.1, 0.15) is 47.9 Å². The van der Waals surface area contributed by atoms with Gasteiger partial charge in [-0.15, -0.1) is 4.36 Å². The lowest BCUT2D eigenvalue weighted by molar-refractivity contribution is 0.0399. The number of benzene rings is 1. The Labute approximate surface area is 192 Å². The Hall–Kier alpha value is -2.47. The number of methoxy groups -OCH3 is 1. The van der Waals surface area contributed by atoms with Gasteiger partial charge in [0.05, 0.1) is 26.0 Å². The van der Waals surface area contributed by atoms with E-state index >= 15 is 0 Å².